The molecule has 0 spiro atoms. The highest BCUT2D eigenvalue weighted by Gasteiger charge is 2.14. The van der Waals surface area contributed by atoms with Gasteiger partial charge in [0, 0.05) is 11.6 Å². The lowest BCUT2D eigenvalue weighted by Crippen LogP contribution is -2.25. The van der Waals surface area contributed by atoms with E-state index in [0.29, 0.717) is 5.56 Å². The highest BCUT2D eigenvalue weighted by molar-refractivity contribution is 6.07. The van der Waals surface area contributed by atoms with Crippen molar-refractivity contribution in [3.8, 4) is 0 Å². The minimum absolute atomic E-state index is 0.0218. The Kier molecular flexibility index (Phi) is 3.40. The number of aryl methyl sites for hydroxylation is 1. The molecule has 0 atom stereocenters. The zero-order valence-electron chi connectivity index (χ0n) is 12.2. The highest BCUT2D eigenvalue weighted by Crippen LogP contribution is 2.16. The Morgan fingerprint density at radius 3 is 2.48 bits per heavy atom. The van der Waals surface area contributed by atoms with Crippen molar-refractivity contribution in [2.45, 2.75) is 6.92 Å². The second-order valence-electron chi connectivity index (χ2n) is 5.10. The van der Waals surface area contributed by atoms with Gasteiger partial charge >= 0.3 is 0 Å². The van der Waals surface area contributed by atoms with Crippen molar-refractivity contribution < 1.29 is 9.36 Å². The second kappa shape index (κ2) is 5.37. The summed E-state index contributed by atoms with van der Waals surface area (Å²) in [7, 11) is 2.01. The van der Waals surface area contributed by atoms with E-state index in [1.165, 1.54) is 0 Å². The van der Waals surface area contributed by atoms with Gasteiger partial charge in [0.05, 0.1) is 7.05 Å². The number of nitrogens with zero attached hydrogens (tertiary/aromatic N) is 2. The van der Waals surface area contributed by atoms with Gasteiger partial charge in [-0.1, -0.05) is 42.5 Å². The van der Waals surface area contributed by atoms with Gasteiger partial charge in [-0.15, -0.1) is 0 Å². The van der Waals surface area contributed by atoms with Crippen molar-refractivity contribution in [2.24, 2.45) is 7.05 Å². The van der Waals surface area contributed by atoms with Crippen LogP contribution in [0.25, 0.3) is 16.7 Å². The van der Waals surface area contributed by atoms with E-state index in [2.05, 4.69) is 16.7 Å². The number of hydrogen-bond donors (Lipinski definition) is 0. The van der Waals surface area contributed by atoms with Crippen LogP contribution in [0.2, 0.25) is 0 Å². The minimum atomic E-state index is 0.0218. The molecule has 0 aliphatic carbocycles. The molecule has 3 aromatic rings. The maximum absolute atomic E-state index is 12.3. The normalized spacial score (nSPS) is 11.8. The third-order valence-corrected chi connectivity index (χ3v) is 3.59. The Hall–Kier alpha value is -2.68. The second-order valence-corrected chi connectivity index (χ2v) is 5.10. The largest absolute Gasteiger partial charge is 0.289 e. The number of benzene rings is 2. The van der Waals surface area contributed by atoms with Crippen LogP contribution in [-0.2, 0) is 7.05 Å². The van der Waals surface area contributed by atoms with Gasteiger partial charge in [0.25, 0.3) is 0 Å². The Morgan fingerprint density at radius 2 is 1.71 bits per heavy atom. The van der Waals surface area contributed by atoms with Gasteiger partial charge < -0.3 is 0 Å². The topological polar surface area (TPSA) is 25.9 Å². The molecule has 0 amide bonds. The molecule has 0 fully saturated rings. The van der Waals surface area contributed by atoms with Gasteiger partial charge in [0.1, 0.15) is 5.70 Å². The molecule has 3 nitrogen and oxygen atoms in total. The molecule has 1 heterocycles. The van der Waals surface area contributed by atoms with Crippen molar-refractivity contribution >= 4 is 22.5 Å². The predicted molar refractivity (Wildman–Crippen MR) is 83.8 cm³/mol. The van der Waals surface area contributed by atoms with Gasteiger partial charge in [0.15, 0.2) is 16.8 Å². The van der Waals surface area contributed by atoms with E-state index in [1.54, 1.807) is 6.08 Å². The molecule has 3 heteroatoms. The number of fused-ring (bicyclic) bond motifs is 1. The van der Waals surface area contributed by atoms with Crippen LogP contribution in [0, 0.1) is 0 Å². The number of ketones is 1. The Bertz CT molecular complexity index is 829. The van der Waals surface area contributed by atoms with Crippen LogP contribution in [0.15, 0.2) is 67.0 Å². The molecule has 2 aromatic carbocycles. The fraction of sp³-hybridized carbons (Fsp3) is 0.111. The van der Waals surface area contributed by atoms with Crippen LogP contribution in [0.1, 0.15) is 17.3 Å². The van der Waals surface area contributed by atoms with E-state index in [4.69, 9.17) is 0 Å². The Morgan fingerprint density at radius 1 is 1.05 bits per heavy atom. The first-order valence-electron chi connectivity index (χ1n) is 6.90. The quantitative estimate of drug-likeness (QED) is 0.410. The standard InChI is InChI=1S/C18H17N2O/c1-14(12-18(21)15-8-4-3-5-9-15)20-13-19(2)16-10-6-7-11-17(16)20/h3-13H,1-2H3/q+1/b14-12-. The summed E-state index contributed by atoms with van der Waals surface area (Å²) in [6, 6.07) is 17.5. The third-order valence-electron chi connectivity index (χ3n) is 3.59. The van der Waals surface area contributed by atoms with Crippen molar-refractivity contribution in [1.29, 1.82) is 0 Å². The van der Waals surface area contributed by atoms with E-state index < -0.39 is 0 Å². The minimum Gasteiger partial charge on any atom is -0.289 e. The maximum atomic E-state index is 12.3. The summed E-state index contributed by atoms with van der Waals surface area (Å²) in [5.74, 6) is 0.0218. The lowest BCUT2D eigenvalue weighted by molar-refractivity contribution is -0.645. The first kappa shape index (κ1) is 13.3. The third kappa shape index (κ3) is 2.50. The number of hydrogen-bond acceptors (Lipinski definition) is 1. The zero-order chi connectivity index (χ0) is 14.8. The van der Waals surface area contributed by atoms with E-state index in [-0.39, 0.29) is 5.78 Å². The first-order chi connectivity index (χ1) is 10.2. The average molecular weight is 277 g/mol. The summed E-state index contributed by atoms with van der Waals surface area (Å²) in [6.07, 6.45) is 3.68. The summed E-state index contributed by atoms with van der Waals surface area (Å²) in [5, 5.41) is 0. The molecule has 21 heavy (non-hydrogen) atoms. The van der Waals surface area contributed by atoms with E-state index in [1.807, 2.05) is 67.3 Å². The van der Waals surface area contributed by atoms with Crippen LogP contribution in [0.3, 0.4) is 0 Å². The predicted octanol–water partition coefficient (Wildman–Crippen LogP) is 3.21. The number of para-hydroxylation sites is 2. The van der Waals surface area contributed by atoms with Crippen LogP contribution < -0.4 is 4.57 Å². The number of carbonyl (C=O) groups is 1. The lowest BCUT2D eigenvalue weighted by Gasteiger charge is -1.98. The molecule has 0 unspecified atom stereocenters. The van der Waals surface area contributed by atoms with Gasteiger partial charge in [0.2, 0.25) is 6.33 Å². The summed E-state index contributed by atoms with van der Waals surface area (Å²) in [5.41, 5.74) is 3.84. The van der Waals surface area contributed by atoms with Crippen molar-refractivity contribution in [3.05, 3.63) is 72.6 Å². The number of rotatable bonds is 3. The average Bonchev–Trinajstić information content (AvgIpc) is 2.86. The maximum Gasteiger partial charge on any atom is 0.249 e. The van der Waals surface area contributed by atoms with Gasteiger partial charge in [-0.2, -0.15) is 4.57 Å². The van der Waals surface area contributed by atoms with Crippen LogP contribution in [0.5, 0.6) is 0 Å². The number of allylic oxidation sites excluding steroid dienone is 2. The van der Waals surface area contributed by atoms with E-state index >= 15 is 0 Å². The molecule has 0 bridgehead atoms. The summed E-state index contributed by atoms with van der Waals surface area (Å²) in [4.78, 5) is 12.3. The van der Waals surface area contributed by atoms with Crippen molar-refractivity contribution in [1.82, 2.24) is 4.57 Å². The smallest absolute Gasteiger partial charge is 0.249 e. The number of imidazole rings is 1. The lowest BCUT2D eigenvalue weighted by atomic mass is 10.1. The SMILES string of the molecule is C/C(=C/C(=O)c1ccccc1)n1c[n+](C)c2ccccc21. The van der Waals surface area contributed by atoms with E-state index in [9.17, 15) is 4.79 Å². The molecular formula is C18H17N2O+. The fourth-order valence-electron chi connectivity index (χ4n) is 2.49. The molecule has 0 aliphatic rings. The molecule has 1 aromatic heterocycles. The molecular weight excluding hydrogens is 260 g/mol. The van der Waals surface area contributed by atoms with Crippen molar-refractivity contribution in [2.75, 3.05) is 0 Å². The number of carbonyl (C=O) groups excluding carboxylic acids is 1. The number of aromatic nitrogens is 2. The zero-order valence-corrected chi connectivity index (χ0v) is 12.2. The van der Waals surface area contributed by atoms with E-state index in [0.717, 1.165) is 16.7 Å². The van der Waals surface area contributed by atoms with Crippen LogP contribution in [0.4, 0.5) is 0 Å². The molecule has 3 rings (SSSR count). The molecule has 0 aliphatic heterocycles. The summed E-state index contributed by atoms with van der Waals surface area (Å²) < 4.78 is 4.09. The van der Waals surface area contributed by atoms with Gasteiger partial charge in [-0.25, -0.2) is 4.57 Å². The van der Waals surface area contributed by atoms with Gasteiger partial charge in [-0.3, -0.25) is 4.79 Å². The molecule has 104 valence electrons. The van der Waals surface area contributed by atoms with Gasteiger partial charge in [-0.05, 0) is 19.1 Å². The van der Waals surface area contributed by atoms with Crippen molar-refractivity contribution in [3.63, 3.8) is 0 Å². The summed E-state index contributed by atoms with van der Waals surface area (Å²) in [6.45, 7) is 1.95. The molecule has 0 radical (unpaired) electrons. The fourth-order valence-corrected chi connectivity index (χ4v) is 2.49. The monoisotopic (exact) mass is 277 g/mol. The summed E-state index contributed by atoms with van der Waals surface area (Å²) >= 11 is 0. The molecule has 0 saturated heterocycles. The Balaban J connectivity index is 2.03. The Labute approximate surface area is 123 Å². The highest BCUT2D eigenvalue weighted by atomic mass is 16.1. The van der Waals surface area contributed by atoms with Crippen LogP contribution >= 0.6 is 0 Å². The molecule has 0 N–H and O–H groups in total. The first-order valence-corrected chi connectivity index (χ1v) is 6.90. The molecule has 0 saturated carbocycles. The van der Waals surface area contributed by atoms with Crippen LogP contribution in [-0.4, -0.2) is 10.4 Å².